The second kappa shape index (κ2) is 7.06. The molecule has 0 radical (unpaired) electrons. The van der Waals surface area contributed by atoms with E-state index in [1.54, 1.807) is 0 Å². The first-order valence-electron chi connectivity index (χ1n) is 6.34. The number of methoxy groups -OCH3 is 1. The molecule has 0 aromatic rings. The van der Waals surface area contributed by atoms with E-state index < -0.39 is 10.2 Å². The van der Waals surface area contributed by atoms with Crippen LogP contribution in [0.25, 0.3) is 0 Å². The summed E-state index contributed by atoms with van der Waals surface area (Å²) in [5.74, 6) is -0.363. The number of piperidine rings is 1. The number of esters is 1. The van der Waals surface area contributed by atoms with Gasteiger partial charge in [-0.1, -0.05) is 13.3 Å². The maximum Gasteiger partial charge on any atom is 0.307 e. The van der Waals surface area contributed by atoms with Crippen LogP contribution in [0.1, 0.15) is 39.0 Å². The van der Waals surface area contributed by atoms with E-state index >= 15 is 0 Å². The van der Waals surface area contributed by atoms with Crippen LogP contribution < -0.4 is 4.72 Å². The number of carbonyl (C=O) groups excluding carboxylic acids is 1. The third-order valence-electron chi connectivity index (χ3n) is 3.05. The van der Waals surface area contributed by atoms with Gasteiger partial charge in [0.2, 0.25) is 0 Å². The zero-order valence-corrected chi connectivity index (χ0v) is 11.8. The molecule has 0 aromatic carbocycles. The van der Waals surface area contributed by atoms with Gasteiger partial charge in [0.1, 0.15) is 0 Å². The fraction of sp³-hybridized carbons (Fsp3) is 0.909. The average Bonchev–Trinajstić information content (AvgIpc) is 2.36. The predicted molar refractivity (Wildman–Crippen MR) is 68.2 cm³/mol. The van der Waals surface area contributed by atoms with Crippen molar-refractivity contribution in [2.75, 3.05) is 20.2 Å². The van der Waals surface area contributed by atoms with Gasteiger partial charge in [-0.15, -0.1) is 0 Å². The molecule has 0 spiro atoms. The van der Waals surface area contributed by atoms with Crippen molar-refractivity contribution in [1.29, 1.82) is 0 Å². The molecule has 1 heterocycles. The zero-order valence-electron chi connectivity index (χ0n) is 11.0. The molecule has 18 heavy (non-hydrogen) atoms. The number of nitrogens with zero attached hydrogens (tertiary/aromatic N) is 1. The minimum Gasteiger partial charge on any atom is -0.469 e. The van der Waals surface area contributed by atoms with Crippen LogP contribution >= 0.6 is 0 Å². The topological polar surface area (TPSA) is 75.7 Å². The lowest BCUT2D eigenvalue weighted by atomic mass is 10.0. The molecule has 1 atom stereocenters. The van der Waals surface area contributed by atoms with Crippen LogP contribution in [0.3, 0.4) is 0 Å². The Kier molecular flexibility index (Phi) is 6.04. The van der Waals surface area contributed by atoms with Crippen molar-refractivity contribution in [1.82, 2.24) is 9.03 Å². The highest BCUT2D eigenvalue weighted by Gasteiger charge is 2.33. The molecule has 0 aliphatic carbocycles. The van der Waals surface area contributed by atoms with E-state index in [9.17, 15) is 13.2 Å². The van der Waals surface area contributed by atoms with Crippen LogP contribution in [0.4, 0.5) is 0 Å². The van der Waals surface area contributed by atoms with E-state index in [2.05, 4.69) is 9.46 Å². The minimum absolute atomic E-state index is 0.129. The van der Waals surface area contributed by atoms with Gasteiger partial charge in [-0.2, -0.15) is 12.7 Å². The Morgan fingerprint density at radius 1 is 1.44 bits per heavy atom. The van der Waals surface area contributed by atoms with Crippen molar-refractivity contribution >= 4 is 16.2 Å². The molecule has 7 heteroatoms. The molecule has 6 nitrogen and oxygen atoms in total. The Labute approximate surface area is 109 Å². The summed E-state index contributed by atoms with van der Waals surface area (Å²) in [5, 5.41) is 0. The number of rotatable bonds is 6. The summed E-state index contributed by atoms with van der Waals surface area (Å²) >= 11 is 0. The Morgan fingerprint density at radius 2 is 2.17 bits per heavy atom. The predicted octanol–water partition coefficient (Wildman–Crippen LogP) is 0.648. The summed E-state index contributed by atoms with van der Waals surface area (Å²) in [6.07, 6.45) is 3.37. The number of nitrogens with one attached hydrogen (secondary N) is 1. The number of carbonyl (C=O) groups is 1. The lowest BCUT2D eigenvalue weighted by Crippen LogP contribution is -2.49. The molecule has 0 bridgehead atoms. The van der Waals surface area contributed by atoms with E-state index in [4.69, 9.17) is 0 Å². The van der Waals surface area contributed by atoms with Crippen molar-refractivity contribution in [3.05, 3.63) is 0 Å². The molecule has 106 valence electrons. The highest BCUT2D eigenvalue weighted by Crippen LogP contribution is 2.22. The molecule has 1 rings (SSSR count). The third kappa shape index (κ3) is 4.22. The van der Waals surface area contributed by atoms with Crippen molar-refractivity contribution in [3.8, 4) is 0 Å². The monoisotopic (exact) mass is 278 g/mol. The smallest absolute Gasteiger partial charge is 0.307 e. The molecular weight excluding hydrogens is 256 g/mol. The molecule has 0 saturated carbocycles. The van der Waals surface area contributed by atoms with E-state index in [-0.39, 0.29) is 18.4 Å². The van der Waals surface area contributed by atoms with Gasteiger partial charge in [0, 0.05) is 19.1 Å². The number of ether oxygens (including phenoxy) is 1. The van der Waals surface area contributed by atoms with E-state index in [0.717, 1.165) is 19.3 Å². The molecule has 1 unspecified atom stereocenters. The number of hydrogen-bond acceptors (Lipinski definition) is 4. The summed E-state index contributed by atoms with van der Waals surface area (Å²) in [6.45, 7) is 2.80. The van der Waals surface area contributed by atoms with E-state index in [1.165, 1.54) is 11.4 Å². The minimum atomic E-state index is -3.47. The average molecular weight is 278 g/mol. The van der Waals surface area contributed by atoms with Gasteiger partial charge in [-0.3, -0.25) is 4.79 Å². The fourth-order valence-corrected chi connectivity index (χ4v) is 3.65. The quantitative estimate of drug-likeness (QED) is 0.724. The third-order valence-corrected chi connectivity index (χ3v) is 4.71. The van der Waals surface area contributed by atoms with Gasteiger partial charge in [0.15, 0.2) is 0 Å². The van der Waals surface area contributed by atoms with Gasteiger partial charge in [0.05, 0.1) is 13.5 Å². The fourth-order valence-electron chi connectivity index (χ4n) is 2.08. The van der Waals surface area contributed by atoms with Gasteiger partial charge in [-0.05, 0) is 19.3 Å². The second-order valence-corrected chi connectivity index (χ2v) is 6.15. The van der Waals surface area contributed by atoms with Crippen molar-refractivity contribution in [3.63, 3.8) is 0 Å². The van der Waals surface area contributed by atoms with Crippen LogP contribution in [0.15, 0.2) is 0 Å². The summed E-state index contributed by atoms with van der Waals surface area (Å²) in [4.78, 5) is 11.3. The second-order valence-electron chi connectivity index (χ2n) is 4.44. The van der Waals surface area contributed by atoms with Crippen LogP contribution in [0.5, 0.6) is 0 Å². The van der Waals surface area contributed by atoms with Gasteiger partial charge in [-0.25, -0.2) is 4.72 Å². The van der Waals surface area contributed by atoms with Crippen LogP contribution in [-0.2, 0) is 19.7 Å². The normalized spacial score (nSPS) is 21.8. The Bertz CT molecular complexity index is 369. The van der Waals surface area contributed by atoms with Crippen molar-refractivity contribution in [2.24, 2.45) is 0 Å². The lowest BCUT2D eigenvalue weighted by Gasteiger charge is -2.33. The lowest BCUT2D eigenvalue weighted by molar-refractivity contribution is -0.141. The van der Waals surface area contributed by atoms with Crippen LogP contribution in [0.2, 0.25) is 0 Å². The molecule has 1 aliphatic heterocycles. The molecular formula is C11H22N2O4S. The van der Waals surface area contributed by atoms with E-state index in [0.29, 0.717) is 19.5 Å². The van der Waals surface area contributed by atoms with Gasteiger partial charge < -0.3 is 4.74 Å². The molecule has 1 N–H and O–H groups in total. The molecule has 1 fully saturated rings. The maximum absolute atomic E-state index is 12.1. The first kappa shape index (κ1) is 15.4. The zero-order chi connectivity index (χ0) is 13.6. The van der Waals surface area contributed by atoms with Crippen LogP contribution in [0, 0.1) is 0 Å². The summed E-state index contributed by atoms with van der Waals surface area (Å²) < 4.78 is 32.7. The standard InChI is InChI=1S/C11H22N2O4S/c1-3-7-12-18(15,16)13-8-5-4-6-10(13)9-11(14)17-2/h10,12H,3-9H2,1-2H3. The summed E-state index contributed by atoms with van der Waals surface area (Å²) in [6, 6.07) is -0.277. The first-order chi connectivity index (χ1) is 8.51. The van der Waals surface area contributed by atoms with Crippen molar-refractivity contribution in [2.45, 2.75) is 45.1 Å². The largest absolute Gasteiger partial charge is 0.469 e. The van der Waals surface area contributed by atoms with Gasteiger partial charge in [0.25, 0.3) is 10.2 Å². The molecule has 0 amide bonds. The molecule has 0 aromatic heterocycles. The molecule has 1 aliphatic rings. The highest BCUT2D eigenvalue weighted by molar-refractivity contribution is 7.87. The first-order valence-corrected chi connectivity index (χ1v) is 7.78. The summed E-state index contributed by atoms with van der Waals surface area (Å²) in [7, 11) is -2.15. The van der Waals surface area contributed by atoms with E-state index in [1.807, 2.05) is 6.92 Å². The molecule has 1 saturated heterocycles. The Hall–Kier alpha value is -0.660. The van der Waals surface area contributed by atoms with Crippen molar-refractivity contribution < 1.29 is 17.9 Å². The number of hydrogen-bond donors (Lipinski definition) is 1. The highest BCUT2D eigenvalue weighted by atomic mass is 32.2. The van der Waals surface area contributed by atoms with Gasteiger partial charge >= 0.3 is 5.97 Å². The maximum atomic E-state index is 12.1. The SMILES string of the molecule is CCCNS(=O)(=O)N1CCCCC1CC(=O)OC. The Balaban J connectivity index is 2.72. The van der Waals surface area contributed by atoms with Crippen LogP contribution in [-0.4, -0.2) is 44.9 Å². The Morgan fingerprint density at radius 3 is 2.78 bits per heavy atom. The summed E-state index contributed by atoms with van der Waals surface area (Å²) in [5.41, 5.74) is 0.